The Morgan fingerprint density at radius 3 is 2.59 bits per heavy atom. The monoisotopic (exact) mass is 366 g/mol. The maximum Gasteiger partial charge on any atom is 0.278 e. The van der Waals surface area contributed by atoms with E-state index in [0.29, 0.717) is 23.7 Å². The van der Waals surface area contributed by atoms with E-state index in [1.165, 1.54) is 0 Å². The summed E-state index contributed by atoms with van der Waals surface area (Å²) in [5.41, 5.74) is 9.12. The molecule has 6 nitrogen and oxygen atoms in total. The van der Waals surface area contributed by atoms with Crippen LogP contribution in [-0.4, -0.2) is 28.1 Å². The predicted molar refractivity (Wildman–Crippen MR) is 104 cm³/mol. The highest BCUT2D eigenvalue weighted by Crippen LogP contribution is 2.42. The van der Waals surface area contributed by atoms with Crippen molar-refractivity contribution in [3.8, 4) is 0 Å². The maximum atomic E-state index is 13.3. The van der Waals surface area contributed by atoms with Crippen molar-refractivity contribution in [2.24, 2.45) is 5.73 Å². The number of carbonyl (C=O) groups excluding carboxylic acids is 2. The first-order chi connectivity index (χ1) is 12.8. The molecule has 1 saturated carbocycles. The molecule has 0 bridgehead atoms. The highest BCUT2D eigenvalue weighted by molar-refractivity contribution is 6.07. The van der Waals surface area contributed by atoms with Gasteiger partial charge in [0.15, 0.2) is 5.69 Å². The molecule has 0 radical (unpaired) electrons. The van der Waals surface area contributed by atoms with E-state index in [4.69, 9.17) is 5.73 Å². The van der Waals surface area contributed by atoms with Gasteiger partial charge in [0, 0.05) is 29.4 Å². The van der Waals surface area contributed by atoms with E-state index in [1.807, 2.05) is 16.8 Å². The Labute approximate surface area is 159 Å². The molecule has 1 aliphatic heterocycles. The fraction of sp³-hybridized carbons (Fsp3) is 0.476. The number of benzene rings is 1. The summed E-state index contributed by atoms with van der Waals surface area (Å²) in [6.45, 7) is 6.94. The second kappa shape index (κ2) is 6.22. The van der Waals surface area contributed by atoms with Crippen molar-refractivity contribution in [3.05, 3.63) is 46.8 Å². The minimum atomic E-state index is -0.450. The summed E-state index contributed by atoms with van der Waals surface area (Å²) in [7, 11) is 0. The number of hydrogen-bond donors (Lipinski definition) is 1. The van der Waals surface area contributed by atoms with Crippen molar-refractivity contribution in [1.82, 2.24) is 9.78 Å². The fourth-order valence-electron chi connectivity index (χ4n) is 3.91. The average Bonchev–Trinajstić information content (AvgIpc) is 3.36. The maximum absolute atomic E-state index is 13.3. The van der Waals surface area contributed by atoms with Gasteiger partial charge in [-0.15, -0.1) is 0 Å². The molecule has 2 aromatic rings. The minimum Gasteiger partial charge on any atom is -0.366 e. The summed E-state index contributed by atoms with van der Waals surface area (Å²) in [6, 6.07) is 7.36. The molecule has 27 heavy (non-hydrogen) atoms. The van der Waals surface area contributed by atoms with Crippen molar-refractivity contribution < 1.29 is 9.59 Å². The van der Waals surface area contributed by atoms with E-state index < -0.39 is 5.91 Å². The molecule has 142 valence electrons. The van der Waals surface area contributed by atoms with E-state index in [2.05, 4.69) is 25.9 Å². The minimum absolute atomic E-state index is 0.109. The Kier molecular flexibility index (Phi) is 4.09. The van der Waals surface area contributed by atoms with Gasteiger partial charge in [-0.1, -0.05) is 6.07 Å². The van der Waals surface area contributed by atoms with Crippen LogP contribution in [-0.2, 0) is 12.0 Å². The Bertz CT molecular complexity index is 919. The van der Waals surface area contributed by atoms with Crippen LogP contribution in [0, 0.1) is 0 Å². The van der Waals surface area contributed by atoms with E-state index in [-0.39, 0.29) is 11.4 Å². The van der Waals surface area contributed by atoms with Gasteiger partial charge in [0.05, 0.1) is 5.54 Å². The van der Waals surface area contributed by atoms with Gasteiger partial charge in [-0.3, -0.25) is 14.3 Å². The van der Waals surface area contributed by atoms with Crippen molar-refractivity contribution in [2.45, 2.75) is 57.9 Å². The summed E-state index contributed by atoms with van der Waals surface area (Å²) in [4.78, 5) is 26.8. The zero-order valence-electron chi connectivity index (χ0n) is 16.2. The molecule has 0 spiro atoms. The second-order valence-electron chi connectivity index (χ2n) is 8.54. The molecular formula is C21H26N4O2. The van der Waals surface area contributed by atoms with Crippen molar-refractivity contribution in [3.63, 3.8) is 0 Å². The molecule has 2 aliphatic rings. The fourth-order valence-corrected chi connectivity index (χ4v) is 3.91. The molecule has 2 heterocycles. The smallest absolute Gasteiger partial charge is 0.278 e. The van der Waals surface area contributed by atoms with Gasteiger partial charge in [0.2, 0.25) is 5.91 Å². The number of nitrogens with zero attached hydrogens (tertiary/aromatic N) is 3. The van der Waals surface area contributed by atoms with Gasteiger partial charge < -0.3 is 10.6 Å². The molecule has 2 N–H and O–H groups in total. The van der Waals surface area contributed by atoms with Crippen LogP contribution in [0.15, 0.2) is 24.3 Å². The Morgan fingerprint density at radius 1 is 1.22 bits per heavy atom. The predicted octanol–water partition coefficient (Wildman–Crippen LogP) is 3.21. The van der Waals surface area contributed by atoms with Crippen LogP contribution in [0.1, 0.15) is 78.1 Å². The van der Waals surface area contributed by atoms with Gasteiger partial charge in [0.25, 0.3) is 5.91 Å². The lowest BCUT2D eigenvalue weighted by molar-refractivity contribution is 0.0972. The summed E-state index contributed by atoms with van der Waals surface area (Å²) in [6.07, 6.45) is 3.87. The van der Waals surface area contributed by atoms with Crippen molar-refractivity contribution >= 4 is 17.5 Å². The number of rotatable bonds is 3. The first kappa shape index (κ1) is 17.8. The third-order valence-electron chi connectivity index (χ3n) is 5.35. The van der Waals surface area contributed by atoms with Crippen molar-refractivity contribution in [1.29, 1.82) is 0 Å². The van der Waals surface area contributed by atoms with E-state index in [9.17, 15) is 9.59 Å². The van der Waals surface area contributed by atoms with Gasteiger partial charge in [0.1, 0.15) is 0 Å². The molecule has 1 aromatic heterocycles. The van der Waals surface area contributed by atoms with Gasteiger partial charge in [-0.2, -0.15) is 5.10 Å². The zero-order valence-corrected chi connectivity index (χ0v) is 16.2. The summed E-state index contributed by atoms with van der Waals surface area (Å²) in [5.74, 6) is -0.0509. The van der Waals surface area contributed by atoms with E-state index in [1.54, 1.807) is 17.0 Å². The topological polar surface area (TPSA) is 81.2 Å². The van der Waals surface area contributed by atoms with Crippen LogP contribution < -0.4 is 10.6 Å². The number of fused-ring (bicyclic) bond motifs is 1. The molecule has 1 aromatic carbocycles. The summed E-state index contributed by atoms with van der Waals surface area (Å²) >= 11 is 0. The van der Waals surface area contributed by atoms with Crippen LogP contribution in [0.4, 0.5) is 5.69 Å². The lowest BCUT2D eigenvalue weighted by Gasteiger charge is -2.30. The molecule has 0 unspecified atom stereocenters. The Hall–Kier alpha value is -2.63. The van der Waals surface area contributed by atoms with Gasteiger partial charge in [-0.05, 0) is 70.2 Å². The van der Waals surface area contributed by atoms with E-state index in [0.717, 1.165) is 42.6 Å². The standard InChI is InChI=1S/C21H26N4O2/c1-21(2,3)25-18(13-9-10-13)12-16(23-25)20(27)24-11-5-7-14-15(19(22)26)6-4-8-17(14)24/h4,6,8,12-13H,5,7,9-11H2,1-3H3,(H2,22,26). The second-order valence-corrected chi connectivity index (χ2v) is 8.54. The lowest BCUT2D eigenvalue weighted by atomic mass is 9.95. The molecule has 0 saturated heterocycles. The van der Waals surface area contributed by atoms with Crippen molar-refractivity contribution in [2.75, 3.05) is 11.4 Å². The van der Waals surface area contributed by atoms with Crippen LogP contribution in [0.25, 0.3) is 0 Å². The molecule has 1 fully saturated rings. The first-order valence-corrected chi connectivity index (χ1v) is 9.61. The zero-order chi connectivity index (χ0) is 19.3. The Balaban J connectivity index is 1.73. The average molecular weight is 366 g/mol. The number of primary amides is 1. The molecule has 6 heteroatoms. The number of amides is 2. The normalized spacial score (nSPS) is 16.9. The molecule has 0 atom stereocenters. The third kappa shape index (κ3) is 3.13. The summed E-state index contributed by atoms with van der Waals surface area (Å²) in [5, 5.41) is 4.68. The SMILES string of the molecule is CC(C)(C)n1nc(C(=O)N2CCCc3c(C(N)=O)cccc32)cc1C1CC1. The third-order valence-corrected chi connectivity index (χ3v) is 5.35. The van der Waals surface area contributed by atoms with Crippen LogP contribution in [0.3, 0.4) is 0 Å². The number of hydrogen-bond acceptors (Lipinski definition) is 3. The van der Waals surface area contributed by atoms with E-state index >= 15 is 0 Å². The van der Waals surface area contributed by atoms with Gasteiger partial charge in [-0.25, -0.2) is 0 Å². The summed E-state index contributed by atoms with van der Waals surface area (Å²) < 4.78 is 2.00. The molecule has 2 amide bonds. The van der Waals surface area contributed by atoms with Crippen LogP contribution in [0.5, 0.6) is 0 Å². The quantitative estimate of drug-likeness (QED) is 0.906. The van der Waals surface area contributed by atoms with Crippen LogP contribution in [0.2, 0.25) is 0 Å². The highest BCUT2D eigenvalue weighted by Gasteiger charge is 2.34. The number of anilines is 1. The Morgan fingerprint density at radius 2 is 1.96 bits per heavy atom. The van der Waals surface area contributed by atoms with Gasteiger partial charge >= 0.3 is 0 Å². The number of carbonyl (C=O) groups is 2. The first-order valence-electron chi connectivity index (χ1n) is 9.61. The number of aromatic nitrogens is 2. The molecule has 1 aliphatic carbocycles. The lowest BCUT2D eigenvalue weighted by Crippen LogP contribution is -2.37. The highest BCUT2D eigenvalue weighted by atomic mass is 16.2. The van der Waals surface area contributed by atoms with Crippen LogP contribution >= 0.6 is 0 Å². The largest absolute Gasteiger partial charge is 0.366 e. The molecular weight excluding hydrogens is 340 g/mol. The number of nitrogens with two attached hydrogens (primary N) is 1. The molecule has 4 rings (SSSR count).